The topological polar surface area (TPSA) is 58.2 Å². The number of thioether (sulfide) groups is 1. The Kier molecular flexibility index (Phi) is 6.18. The molecule has 0 aliphatic carbocycles. The smallest absolute Gasteiger partial charge is 0.321 e. The number of hydrogen-bond donors (Lipinski definition) is 2. The molecular formula is C13H17ClN2O2S. The van der Waals surface area contributed by atoms with Crippen molar-refractivity contribution < 1.29 is 9.59 Å². The Morgan fingerprint density at radius 2 is 1.74 bits per heavy atom. The number of hydrogen-bond acceptors (Lipinski definition) is 3. The third kappa shape index (κ3) is 5.98. The Morgan fingerprint density at radius 3 is 2.26 bits per heavy atom. The quantitative estimate of drug-likeness (QED) is 0.840. The molecule has 0 fully saturated rings. The Hall–Kier alpha value is -1.20. The van der Waals surface area contributed by atoms with E-state index in [2.05, 4.69) is 10.6 Å². The summed E-state index contributed by atoms with van der Waals surface area (Å²) < 4.78 is 0. The van der Waals surface area contributed by atoms with Crippen molar-refractivity contribution in [3.63, 3.8) is 0 Å². The molecule has 4 nitrogen and oxygen atoms in total. The lowest BCUT2D eigenvalue weighted by molar-refractivity contribution is -0.119. The van der Waals surface area contributed by atoms with Gasteiger partial charge in [-0.3, -0.25) is 10.1 Å². The first-order chi connectivity index (χ1) is 8.88. The third-order valence-electron chi connectivity index (χ3n) is 2.15. The molecule has 0 saturated heterocycles. The number of urea groups is 1. The van der Waals surface area contributed by atoms with Gasteiger partial charge in [0, 0.05) is 16.0 Å². The van der Waals surface area contributed by atoms with Crippen LogP contribution in [0.2, 0.25) is 5.02 Å². The van der Waals surface area contributed by atoms with Crippen LogP contribution in [0.4, 0.5) is 4.79 Å². The summed E-state index contributed by atoms with van der Waals surface area (Å²) in [5.74, 6) is -0.321. The molecule has 0 aliphatic heterocycles. The van der Waals surface area contributed by atoms with Crippen molar-refractivity contribution in [3.8, 4) is 0 Å². The van der Waals surface area contributed by atoms with Gasteiger partial charge >= 0.3 is 6.03 Å². The fourth-order valence-corrected chi connectivity index (χ4v) is 2.28. The van der Waals surface area contributed by atoms with E-state index < -0.39 is 6.03 Å². The van der Waals surface area contributed by atoms with Crippen molar-refractivity contribution in [3.05, 3.63) is 29.3 Å². The van der Waals surface area contributed by atoms with E-state index in [0.29, 0.717) is 5.02 Å². The summed E-state index contributed by atoms with van der Waals surface area (Å²) in [5, 5.41) is 5.20. The average Bonchev–Trinajstić information content (AvgIpc) is 2.30. The molecule has 0 bridgehead atoms. The molecule has 3 amide bonds. The maximum Gasteiger partial charge on any atom is 0.321 e. The molecule has 0 unspecified atom stereocenters. The molecule has 1 aromatic rings. The Morgan fingerprint density at radius 1 is 1.16 bits per heavy atom. The minimum Gasteiger partial charge on any atom is -0.336 e. The van der Waals surface area contributed by atoms with Crippen molar-refractivity contribution in [1.29, 1.82) is 0 Å². The van der Waals surface area contributed by atoms with Crippen LogP contribution in [0.15, 0.2) is 29.2 Å². The molecule has 6 heteroatoms. The van der Waals surface area contributed by atoms with Gasteiger partial charge in [0.1, 0.15) is 0 Å². The Labute approximate surface area is 122 Å². The zero-order valence-electron chi connectivity index (χ0n) is 11.1. The van der Waals surface area contributed by atoms with Crippen LogP contribution in [-0.2, 0) is 4.79 Å². The number of amides is 3. The monoisotopic (exact) mass is 300 g/mol. The van der Waals surface area contributed by atoms with Gasteiger partial charge in [-0.25, -0.2) is 4.79 Å². The van der Waals surface area contributed by atoms with Crippen LogP contribution in [0.3, 0.4) is 0 Å². The summed E-state index contributed by atoms with van der Waals surface area (Å²) in [6.45, 7) is 5.41. The predicted octanol–water partition coefficient (Wildman–Crippen LogP) is 3.05. The lowest BCUT2D eigenvalue weighted by Crippen LogP contribution is -2.45. The molecule has 1 atom stereocenters. The highest BCUT2D eigenvalue weighted by Gasteiger charge is 2.17. The number of halogens is 1. The molecule has 19 heavy (non-hydrogen) atoms. The van der Waals surface area contributed by atoms with Crippen molar-refractivity contribution in [1.82, 2.24) is 10.6 Å². The highest BCUT2D eigenvalue weighted by Crippen LogP contribution is 2.24. The zero-order valence-corrected chi connectivity index (χ0v) is 12.6. The molecule has 0 radical (unpaired) electrons. The molecule has 0 heterocycles. The van der Waals surface area contributed by atoms with Gasteiger partial charge in [0.05, 0.1) is 5.25 Å². The standard InChI is InChI=1S/C13H17ClN2O2S/c1-8(2)15-13(18)16-12(17)9(3)19-11-6-4-10(14)5-7-11/h4-9H,1-3H3,(H2,15,16,17,18)/t9-/m0/s1. The van der Waals surface area contributed by atoms with E-state index in [-0.39, 0.29) is 17.2 Å². The maximum absolute atomic E-state index is 11.8. The second-order valence-electron chi connectivity index (χ2n) is 4.33. The van der Waals surface area contributed by atoms with Crippen molar-refractivity contribution in [2.45, 2.75) is 37.0 Å². The Bertz CT molecular complexity index is 448. The van der Waals surface area contributed by atoms with Gasteiger partial charge in [0.15, 0.2) is 0 Å². The van der Waals surface area contributed by atoms with Crippen LogP contribution in [0.1, 0.15) is 20.8 Å². The average molecular weight is 301 g/mol. The molecule has 0 saturated carbocycles. The summed E-state index contributed by atoms with van der Waals surface area (Å²) >= 11 is 7.16. The maximum atomic E-state index is 11.8. The van der Waals surface area contributed by atoms with Crippen molar-refractivity contribution in [2.75, 3.05) is 0 Å². The SMILES string of the molecule is CC(C)NC(=O)NC(=O)[C@H](C)Sc1ccc(Cl)cc1. The summed E-state index contributed by atoms with van der Waals surface area (Å²) in [4.78, 5) is 24.1. The number of rotatable bonds is 4. The van der Waals surface area contributed by atoms with E-state index in [9.17, 15) is 9.59 Å². The van der Waals surface area contributed by atoms with Gasteiger partial charge in [0.2, 0.25) is 5.91 Å². The van der Waals surface area contributed by atoms with Gasteiger partial charge in [-0.05, 0) is 45.0 Å². The lowest BCUT2D eigenvalue weighted by Gasteiger charge is -2.13. The van der Waals surface area contributed by atoms with E-state index in [1.807, 2.05) is 26.0 Å². The third-order valence-corrected chi connectivity index (χ3v) is 3.52. The van der Waals surface area contributed by atoms with E-state index in [4.69, 9.17) is 11.6 Å². The summed E-state index contributed by atoms with van der Waals surface area (Å²) in [7, 11) is 0. The van der Waals surface area contributed by atoms with Gasteiger partial charge < -0.3 is 5.32 Å². The first-order valence-corrected chi connectivity index (χ1v) is 7.18. The van der Waals surface area contributed by atoms with Crippen molar-refractivity contribution >= 4 is 35.3 Å². The lowest BCUT2D eigenvalue weighted by atomic mass is 10.4. The van der Waals surface area contributed by atoms with Crippen LogP contribution in [0, 0.1) is 0 Å². The molecular weight excluding hydrogens is 284 g/mol. The molecule has 0 spiro atoms. The van der Waals surface area contributed by atoms with Gasteiger partial charge in [0.25, 0.3) is 0 Å². The first-order valence-electron chi connectivity index (χ1n) is 5.92. The minimum atomic E-state index is -0.469. The van der Waals surface area contributed by atoms with Crippen LogP contribution < -0.4 is 10.6 Å². The second-order valence-corrected chi connectivity index (χ2v) is 6.18. The minimum absolute atomic E-state index is 0.00738. The number of benzene rings is 1. The van der Waals surface area contributed by atoms with Crippen LogP contribution >= 0.6 is 23.4 Å². The van der Waals surface area contributed by atoms with E-state index in [1.165, 1.54) is 11.8 Å². The molecule has 1 aromatic carbocycles. The summed E-state index contributed by atoms with van der Waals surface area (Å²) in [6, 6.07) is 6.73. The number of imide groups is 1. The van der Waals surface area contributed by atoms with E-state index in [1.54, 1.807) is 19.1 Å². The number of carbonyl (C=O) groups excluding carboxylic acids is 2. The number of nitrogens with one attached hydrogen (secondary N) is 2. The van der Waals surface area contributed by atoms with Crippen LogP contribution in [0.5, 0.6) is 0 Å². The fraction of sp³-hybridized carbons (Fsp3) is 0.385. The predicted molar refractivity (Wildman–Crippen MR) is 78.6 cm³/mol. The van der Waals surface area contributed by atoms with E-state index in [0.717, 1.165) is 4.90 Å². The highest BCUT2D eigenvalue weighted by atomic mass is 35.5. The fourth-order valence-electron chi connectivity index (χ4n) is 1.28. The molecule has 0 aliphatic rings. The first kappa shape index (κ1) is 15.9. The van der Waals surface area contributed by atoms with Gasteiger partial charge in [-0.15, -0.1) is 11.8 Å². The molecule has 1 rings (SSSR count). The van der Waals surface area contributed by atoms with Crippen LogP contribution in [-0.4, -0.2) is 23.2 Å². The molecule has 0 aromatic heterocycles. The normalized spacial score (nSPS) is 12.1. The molecule has 104 valence electrons. The second kappa shape index (κ2) is 7.40. The largest absolute Gasteiger partial charge is 0.336 e. The van der Waals surface area contributed by atoms with E-state index >= 15 is 0 Å². The summed E-state index contributed by atoms with van der Waals surface area (Å²) in [5.41, 5.74) is 0. The van der Waals surface area contributed by atoms with Gasteiger partial charge in [-0.2, -0.15) is 0 Å². The van der Waals surface area contributed by atoms with Gasteiger partial charge in [-0.1, -0.05) is 11.6 Å². The number of carbonyl (C=O) groups is 2. The summed E-state index contributed by atoms with van der Waals surface area (Å²) in [6.07, 6.45) is 0. The van der Waals surface area contributed by atoms with Crippen molar-refractivity contribution in [2.24, 2.45) is 0 Å². The zero-order chi connectivity index (χ0) is 14.4. The van der Waals surface area contributed by atoms with Crippen LogP contribution in [0.25, 0.3) is 0 Å². The Balaban J connectivity index is 2.48. The highest BCUT2D eigenvalue weighted by molar-refractivity contribution is 8.00. The molecule has 2 N–H and O–H groups in total.